The van der Waals surface area contributed by atoms with Crippen LogP contribution in [0.1, 0.15) is 46.5 Å². The number of halogens is 1. The number of para-hydroxylation sites is 1. The van der Waals surface area contributed by atoms with Crippen LogP contribution in [-0.2, 0) is 19.1 Å². The van der Waals surface area contributed by atoms with E-state index in [1.165, 1.54) is 4.90 Å². The molecule has 2 aromatic rings. The highest BCUT2D eigenvalue weighted by molar-refractivity contribution is 6.30. The molecule has 3 saturated heterocycles. The number of amides is 3. The molecule has 1 spiro atoms. The largest absolute Gasteiger partial charge is 0.394 e. The fraction of sp³-hybridized carbons (Fsp3) is 0.500. The van der Waals surface area contributed by atoms with Crippen molar-refractivity contribution in [2.24, 2.45) is 17.8 Å². The smallest absolute Gasteiger partial charge is 0.250 e. The number of hydrogen-bond acceptors (Lipinski definition) is 5. The number of nitrogens with zero attached hydrogens (tertiary/aromatic N) is 1. The van der Waals surface area contributed by atoms with Gasteiger partial charge in [-0.3, -0.25) is 14.4 Å². The Morgan fingerprint density at radius 3 is 2.31 bits per heavy atom. The molecule has 3 N–H and O–H groups in total. The van der Waals surface area contributed by atoms with Gasteiger partial charge in [-0.25, -0.2) is 0 Å². The summed E-state index contributed by atoms with van der Waals surface area (Å²) in [5.74, 6) is -2.68. The molecule has 39 heavy (non-hydrogen) atoms. The molecule has 7 atom stereocenters. The SMILES string of the molecule is CC[C@H](C)[C@H](CO)N1C(=O)[C@@H]2[C@H](C(=O)Nc3ccccc3)[C@]3(CC)CCC2(O3)C1C(=O)Nc1ccc(Cl)cc1. The van der Waals surface area contributed by atoms with E-state index >= 15 is 0 Å². The summed E-state index contributed by atoms with van der Waals surface area (Å²) < 4.78 is 6.80. The maximum absolute atomic E-state index is 14.4. The first kappa shape index (κ1) is 27.6. The molecule has 3 fully saturated rings. The zero-order chi connectivity index (χ0) is 27.9. The predicted octanol–water partition coefficient (Wildman–Crippen LogP) is 4.48. The molecule has 0 aromatic heterocycles. The van der Waals surface area contributed by atoms with Crippen molar-refractivity contribution in [3.8, 4) is 0 Å². The van der Waals surface area contributed by atoms with Gasteiger partial charge in [0, 0.05) is 16.4 Å². The molecule has 5 rings (SSSR count). The monoisotopic (exact) mass is 553 g/mol. The van der Waals surface area contributed by atoms with Gasteiger partial charge in [0.15, 0.2) is 0 Å². The number of ether oxygens (including phenoxy) is 1. The van der Waals surface area contributed by atoms with E-state index < -0.39 is 41.0 Å². The van der Waals surface area contributed by atoms with Gasteiger partial charge in [0.2, 0.25) is 17.7 Å². The number of anilines is 2. The van der Waals surface area contributed by atoms with Gasteiger partial charge in [-0.15, -0.1) is 0 Å². The zero-order valence-electron chi connectivity index (χ0n) is 22.5. The molecule has 3 aliphatic rings. The van der Waals surface area contributed by atoms with Gasteiger partial charge in [0.1, 0.15) is 11.6 Å². The summed E-state index contributed by atoms with van der Waals surface area (Å²) in [6.45, 7) is 5.61. The number of hydrogen-bond donors (Lipinski definition) is 3. The number of aliphatic hydroxyl groups excluding tert-OH is 1. The van der Waals surface area contributed by atoms with Crippen LogP contribution in [0.2, 0.25) is 5.02 Å². The highest BCUT2D eigenvalue weighted by Crippen LogP contribution is 2.64. The molecule has 0 radical (unpaired) electrons. The van der Waals surface area contributed by atoms with Crippen LogP contribution in [0.3, 0.4) is 0 Å². The molecule has 3 heterocycles. The quantitative estimate of drug-likeness (QED) is 0.424. The van der Waals surface area contributed by atoms with Crippen LogP contribution in [0.5, 0.6) is 0 Å². The van der Waals surface area contributed by atoms with E-state index in [0.717, 1.165) is 0 Å². The van der Waals surface area contributed by atoms with Gasteiger partial charge in [-0.2, -0.15) is 0 Å². The Morgan fingerprint density at radius 1 is 1.05 bits per heavy atom. The molecule has 208 valence electrons. The lowest BCUT2D eigenvalue weighted by molar-refractivity contribution is -0.149. The fourth-order valence-corrected chi connectivity index (χ4v) is 7.14. The maximum Gasteiger partial charge on any atom is 0.250 e. The van der Waals surface area contributed by atoms with Crippen LogP contribution < -0.4 is 10.6 Å². The third-order valence-corrected chi connectivity index (χ3v) is 9.40. The van der Waals surface area contributed by atoms with E-state index in [0.29, 0.717) is 42.1 Å². The summed E-state index contributed by atoms with van der Waals surface area (Å²) in [4.78, 5) is 43.8. The number of rotatable bonds is 9. The number of fused-ring (bicyclic) bond motifs is 1. The van der Waals surface area contributed by atoms with Crippen molar-refractivity contribution in [3.05, 3.63) is 59.6 Å². The van der Waals surface area contributed by atoms with E-state index in [9.17, 15) is 19.5 Å². The van der Waals surface area contributed by atoms with Crippen molar-refractivity contribution in [3.63, 3.8) is 0 Å². The Bertz CT molecular complexity index is 1240. The molecule has 0 aliphatic carbocycles. The molecular formula is C30H36ClN3O5. The van der Waals surface area contributed by atoms with Gasteiger partial charge >= 0.3 is 0 Å². The van der Waals surface area contributed by atoms with Crippen LogP contribution in [0, 0.1) is 17.8 Å². The lowest BCUT2D eigenvalue weighted by atomic mass is 9.65. The maximum atomic E-state index is 14.4. The van der Waals surface area contributed by atoms with E-state index in [4.69, 9.17) is 16.3 Å². The average molecular weight is 554 g/mol. The highest BCUT2D eigenvalue weighted by Gasteiger charge is 2.79. The first-order chi connectivity index (χ1) is 18.7. The van der Waals surface area contributed by atoms with Gasteiger partial charge in [-0.05, 0) is 61.6 Å². The number of nitrogens with one attached hydrogen (secondary N) is 2. The lowest BCUT2D eigenvalue weighted by Gasteiger charge is -2.39. The van der Waals surface area contributed by atoms with Crippen LogP contribution in [0.15, 0.2) is 54.6 Å². The third kappa shape index (κ3) is 4.42. The second-order valence-electron chi connectivity index (χ2n) is 11.1. The van der Waals surface area contributed by atoms with Crippen LogP contribution in [0.4, 0.5) is 11.4 Å². The Kier molecular flexibility index (Phi) is 7.48. The average Bonchev–Trinajstić information content (AvgIpc) is 3.54. The van der Waals surface area contributed by atoms with Crippen LogP contribution in [-0.4, -0.2) is 57.6 Å². The molecule has 3 amide bonds. The lowest BCUT2D eigenvalue weighted by Crippen LogP contribution is -2.57. The molecular weight excluding hydrogens is 518 g/mol. The third-order valence-electron chi connectivity index (χ3n) is 9.15. The second kappa shape index (κ2) is 10.6. The molecule has 0 saturated carbocycles. The number of carbonyl (C=O) groups is 3. The van der Waals surface area contributed by atoms with Gasteiger partial charge in [-0.1, -0.05) is 57.0 Å². The van der Waals surface area contributed by atoms with E-state index in [1.807, 2.05) is 39.0 Å². The van der Waals surface area contributed by atoms with E-state index in [-0.39, 0.29) is 24.3 Å². The molecule has 2 bridgehead atoms. The van der Waals surface area contributed by atoms with Crippen molar-refractivity contribution >= 4 is 40.7 Å². The standard InChI is InChI=1S/C30H36ClN3O5/c1-4-18(3)22(17-35)34-25(27(37)33-21-13-11-19(31)12-14-21)30-16-15-29(5-2,39-30)23(24(30)28(34)38)26(36)32-20-9-7-6-8-10-20/h6-14,18,22-25,35H,4-5,15-17H2,1-3H3,(H,32,36)(H,33,37)/t18-,22-,23+,24-,25?,29-,30?/m0/s1. The Morgan fingerprint density at radius 2 is 1.69 bits per heavy atom. The Labute approximate surface area is 234 Å². The number of carbonyl (C=O) groups excluding carboxylic acids is 3. The normalized spacial score (nSPS) is 30.6. The second-order valence-corrected chi connectivity index (χ2v) is 11.5. The van der Waals surface area contributed by atoms with E-state index in [2.05, 4.69) is 10.6 Å². The minimum Gasteiger partial charge on any atom is -0.394 e. The Hall–Kier alpha value is -2.94. The minimum atomic E-state index is -1.18. The first-order valence-electron chi connectivity index (χ1n) is 13.8. The summed E-state index contributed by atoms with van der Waals surface area (Å²) in [6, 6.07) is 14.3. The number of likely N-dealkylation sites (tertiary alicyclic amines) is 1. The summed E-state index contributed by atoms with van der Waals surface area (Å²) in [6.07, 6.45) is 2.27. The first-order valence-corrected chi connectivity index (χ1v) is 14.1. The van der Waals surface area contributed by atoms with Crippen LogP contribution >= 0.6 is 11.6 Å². The van der Waals surface area contributed by atoms with Crippen molar-refractivity contribution in [2.45, 2.75) is 69.7 Å². The zero-order valence-corrected chi connectivity index (χ0v) is 23.3. The predicted molar refractivity (Wildman–Crippen MR) is 149 cm³/mol. The highest BCUT2D eigenvalue weighted by atomic mass is 35.5. The van der Waals surface area contributed by atoms with Gasteiger partial charge in [0.05, 0.1) is 30.1 Å². The molecule has 3 aliphatic heterocycles. The molecule has 2 unspecified atom stereocenters. The van der Waals surface area contributed by atoms with E-state index in [1.54, 1.807) is 36.4 Å². The van der Waals surface area contributed by atoms with Gasteiger partial charge in [0.25, 0.3) is 0 Å². The molecule has 2 aromatic carbocycles. The number of benzene rings is 2. The van der Waals surface area contributed by atoms with Gasteiger partial charge < -0.3 is 25.4 Å². The van der Waals surface area contributed by atoms with Crippen molar-refractivity contribution < 1.29 is 24.2 Å². The van der Waals surface area contributed by atoms with Crippen molar-refractivity contribution in [1.82, 2.24) is 4.90 Å². The van der Waals surface area contributed by atoms with Crippen molar-refractivity contribution in [2.75, 3.05) is 17.2 Å². The molecule has 9 heteroatoms. The summed E-state index contributed by atoms with van der Waals surface area (Å²) in [5.41, 5.74) is -0.854. The fourth-order valence-electron chi connectivity index (χ4n) is 7.01. The minimum absolute atomic E-state index is 0.0751. The Balaban J connectivity index is 1.57. The molecule has 8 nitrogen and oxygen atoms in total. The number of aliphatic hydroxyl groups is 1. The summed E-state index contributed by atoms with van der Waals surface area (Å²) >= 11 is 6.04. The topological polar surface area (TPSA) is 108 Å². The summed E-state index contributed by atoms with van der Waals surface area (Å²) in [7, 11) is 0. The summed E-state index contributed by atoms with van der Waals surface area (Å²) in [5, 5.41) is 16.9. The van der Waals surface area contributed by atoms with Crippen LogP contribution in [0.25, 0.3) is 0 Å². The van der Waals surface area contributed by atoms with Crippen molar-refractivity contribution in [1.29, 1.82) is 0 Å².